The number of allylic oxidation sites excluding steroid dienone is 12. The molecule has 0 aromatic carbocycles. The number of carbonyl (C=O) groups is 8. The van der Waals surface area contributed by atoms with Gasteiger partial charge in [0, 0.05) is 106 Å². The van der Waals surface area contributed by atoms with Crippen molar-refractivity contribution >= 4 is 47.8 Å². The summed E-state index contributed by atoms with van der Waals surface area (Å²) in [5.41, 5.74) is -11.2. The first kappa shape index (κ1) is 47.2. The SMILES string of the molecule is [2H]C1=C([2H])[C@]([2H])(C)[C@H](CCC2C[C@@H](O)C([2H])([2H])C(=O)O2)[C@@H]2C1=C([2H])[C@]([2H])(C)C([2H])([2H])C2OC(=O)C(C)(C)C([2H])([2H])C([2H])([2H])[2H].[2H]C1=C([2H])[C@]([2H])(C)[C@H](CCC2C[C@@H](O)C([2H])([2H])C(=O)O2)[C@@H]2C1=C([2H])[C@]([2H])(C)C([2H])([2H])C2OC(=O)C(C)(C)CC.[2H]C1=C([2H])[C@]([2H])(C)[C@H](CCC2C[C@@H](O)C([2H])([2H])C(=O)O2)[C@@H]2C1=C([2H])[C@]([2H])(C)C([2H])([2H])C2OC(=O)C(C)(CC)C([2H])([2H])[2H].[2H]C1=C([2H])[C@]([2H])(C)[C@H](CCC2C[C@@H](O)CC(=O)O2)[C@@H]2C1=C([2H])[C@]([2H])(C)C([2H])([2H])C2OC(=O)C(C([2H])([2H])[2H])(C([2H])([2H])[2H])C([2H])([2H])C([2H])([2H])[2H]. The van der Waals surface area contributed by atoms with Gasteiger partial charge in [0.2, 0.25) is 0 Å². The summed E-state index contributed by atoms with van der Waals surface area (Å²) in [7, 11) is 0. The zero-order valence-corrected chi connectivity index (χ0v) is 70.5. The third kappa shape index (κ3) is 25.9. The number of aliphatic hydroxyl groups excluding tert-OH is 4. The monoisotopic (exact) mass is 1730 g/mol. The van der Waals surface area contributed by atoms with Crippen LogP contribution in [0.1, 0.15) is 364 Å². The van der Waals surface area contributed by atoms with Gasteiger partial charge in [-0.1, -0.05) is 156 Å². The molecule has 4 aliphatic heterocycles. The highest BCUT2D eigenvalue weighted by Crippen LogP contribution is 2.51. The molecule has 0 saturated carbocycles. The Hall–Kier alpha value is -6.48. The standard InChI is InChI=1S/4C25H38O5/c4*1-6-25(4,5)24(28)30-21-12-15(2)11-17-8-7-16(3)20(23(17)21)10-9-19-13-18(26)14-22(27)29-19/h4*7-8,11,15-16,18-21,23,26H,6,9-10,12-14H2,1-5H3/t4*15-,16-,18+,19?,20-,21?,23-/m0000/s1/i1D3,4D3,5D3,6D2,7D,8D,11D,12D2,15D,16D;1D3,6D2,7D,8D,11D,12D2,14D2,15D,16D;4D3,7D,8D,11D,12D2,14D2,15D,16D;7D,8D,11D,12D2,14D2,15D,16D/t2m;15-,16-,18+,19?,20-,21?,23-,25?;m. The van der Waals surface area contributed by atoms with Gasteiger partial charge >= 0.3 is 47.8 Å². The van der Waals surface area contributed by atoms with Gasteiger partial charge in [0.1, 0.15) is 48.8 Å². The van der Waals surface area contributed by atoms with Crippen LogP contribution in [0.25, 0.3) is 0 Å². The summed E-state index contributed by atoms with van der Waals surface area (Å²) in [6.45, 7) is 0.0289. The maximum Gasteiger partial charge on any atom is 0.311 e. The zero-order valence-electron chi connectivity index (χ0n) is 123. The fraction of sp³-hybridized carbons (Fsp3) is 0.760. The molecule has 0 radical (unpaired) electrons. The van der Waals surface area contributed by atoms with Crippen molar-refractivity contribution in [2.24, 2.45) is 116 Å². The van der Waals surface area contributed by atoms with E-state index in [0.717, 1.165) is 48.5 Å². The van der Waals surface area contributed by atoms with Crippen LogP contribution in [0, 0.1) is 116 Å². The fourth-order valence-corrected chi connectivity index (χ4v) is 15.8. The van der Waals surface area contributed by atoms with Gasteiger partial charge in [0.05, 0.1) is 88.1 Å². The summed E-state index contributed by atoms with van der Waals surface area (Å²) >= 11 is 0. The van der Waals surface area contributed by atoms with Crippen molar-refractivity contribution in [3.8, 4) is 0 Å². The third-order valence-electron chi connectivity index (χ3n) is 23.3. The van der Waals surface area contributed by atoms with Crippen LogP contribution in [0.3, 0.4) is 0 Å². The highest BCUT2D eigenvalue weighted by Gasteiger charge is 2.50. The van der Waals surface area contributed by atoms with Gasteiger partial charge in [0.25, 0.3) is 0 Å². The van der Waals surface area contributed by atoms with E-state index in [-0.39, 0.29) is 107 Å². The largest absolute Gasteiger partial charge is 0.462 e. The second-order valence-corrected chi connectivity index (χ2v) is 33.6. The number of hydrogen-bond donors (Lipinski definition) is 4. The highest BCUT2D eigenvalue weighted by molar-refractivity contribution is 5.78. The van der Waals surface area contributed by atoms with E-state index in [1.54, 1.807) is 20.8 Å². The lowest BCUT2D eigenvalue weighted by Gasteiger charge is -2.44. The molecule has 12 rings (SSSR count). The Morgan fingerprint density at radius 3 is 0.933 bits per heavy atom. The third-order valence-corrected chi connectivity index (χ3v) is 23.3. The number of fused-ring (bicyclic) bond motifs is 4. The first-order chi connectivity index (χ1) is 77.1. The molecule has 20 nitrogen and oxygen atoms in total. The number of hydrogen-bond acceptors (Lipinski definition) is 20. The molecule has 0 bridgehead atoms. The highest BCUT2D eigenvalue weighted by atomic mass is 16.6. The van der Waals surface area contributed by atoms with Crippen LogP contribution in [-0.4, -0.2) is 141 Å². The number of aliphatic hydroxyl groups is 4. The second-order valence-electron chi connectivity index (χ2n) is 33.6. The average Bonchev–Trinajstić information content (AvgIpc) is 0.695. The van der Waals surface area contributed by atoms with Crippen molar-refractivity contribution in [3.05, 3.63) is 94.9 Å². The summed E-state index contributed by atoms with van der Waals surface area (Å²) in [6, 6.07) is -7.46. The van der Waals surface area contributed by atoms with Crippen LogP contribution < -0.4 is 0 Å². The van der Waals surface area contributed by atoms with Gasteiger partial charge in [-0.05, 0) is 251 Å². The molecular weight excluding hydrogens is 1520 g/mol. The van der Waals surface area contributed by atoms with Gasteiger partial charge in [-0.25, -0.2) is 0 Å². The molecule has 120 heavy (non-hydrogen) atoms. The van der Waals surface area contributed by atoms with Gasteiger partial charge in [-0.3, -0.25) is 38.4 Å². The van der Waals surface area contributed by atoms with Crippen molar-refractivity contribution < 1.29 is 169 Å². The minimum absolute atomic E-state index is 0.0119. The van der Waals surface area contributed by atoms with Gasteiger partial charge in [-0.15, -0.1) is 0 Å². The lowest BCUT2D eigenvalue weighted by atomic mass is 9.65. The summed E-state index contributed by atoms with van der Waals surface area (Å²) in [4.78, 5) is 103. The number of carbonyl (C=O) groups excluding carboxylic acids is 8. The molecule has 4 N–H and O–H groups in total. The van der Waals surface area contributed by atoms with E-state index in [9.17, 15) is 58.8 Å². The Morgan fingerprint density at radius 1 is 0.408 bits per heavy atom. The lowest BCUT2D eigenvalue weighted by molar-refractivity contribution is -0.166. The van der Waals surface area contributed by atoms with Crippen molar-refractivity contribution in [2.45, 2.75) is 365 Å². The second kappa shape index (κ2) is 42.5. The number of cyclic esters (lactones) is 4. The molecule has 4 fully saturated rings. The molecule has 12 aliphatic rings. The smallest absolute Gasteiger partial charge is 0.311 e. The van der Waals surface area contributed by atoms with Crippen LogP contribution in [0.15, 0.2) is 94.9 Å². The Morgan fingerprint density at radius 2 is 0.667 bits per heavy atom. The van der Waals surface area contributed by atoms with Crippen LogP contribution in [0.2, 0.25) is 0 Å². The van der Waals surface area contributed by atoms with Crippen LogP contribution >= 0.6 is 0 Å². The van der Waals surface area contributed by atoms with Gasteiger partial charge < -0.3 is 58.3 Å². The average molecular weight is 1730 g/mol. The van der Waals surface area contributed by atoms with Crippen LogP contribution in [0.5, 0.6) is 0 Å². The quantitative estimate of drug-likeness (QED) is 0.0516. The number of ether oxygens (including phenoxy) is 8. The first-order valence-electron chi connectivity index (χ1n) is 67.1. The van der Waals surface area contributed by atoms with Crippen molar-refractivity contribution in [2.75, 3.05) is 0 Å². The molecule has 4 heterocycles. The van der Waals surface area contributed by atoms with Crippen molar-refractivity contribution in [1.29, 1.82) is 0 Å². The molecule has 0 amide bonds. The molecular formula is C100H152O20. The molecule has 8 aliphatic carbocycles. The van der Waals surface area contributed by atoms with E-state index >= 15 is 0 Å². The fourth-order valence-electron chi connectivity index (χ4n) is 15.8. The van der Waals surface area contributed by atoms with Crippen molar-refractivity contribution in [1.82, 2.24) is 0 Å². The van der Waals surface area contributed by atoms with Crippen LogP contribution in [-0.2, 0) is 76.3 Å². The summed E-state index contributed by atoms with van der Waals surface area (Å²) in [5.74, 6) is -39.1. The van der Waals surface area contributed by atoms with E-state index in [1.807, 2.05) is 0 Å². The lowest BCUT2D eigenvalue weighted by Crippen LogP contribution is -2.43. The molecule has 4 saturated heterocycles. The molecule has 9 unspecified atom stereocenters. The molecule has 20 heteroatoms. The minimum Gasteiger partial charge on any atom is -0.462 e. The summed E-state index contributed by atoms with van der Waals surface area (Å²) in [5, 5.41) is 40.6. The van der Waals surface area contributed by atoms with Crippen molar-refractivity contribution in [3.63, 3.8) is 0 Å². The molecule has 0 aromatic rings. The minimum atomic E-state index is -4.47. The predicted molar refractivity (Wildman–Crippen MR) is 462 cm³/mol. The van der Waals surface area contributed by atoms with E-state index in [0.29, 0.717) is 6.42 Å². The molecule has 0 spiro atoms. The topological polar surface area (TPSA) is 291 Å². The zero-order chi connectivity index (χ0) is 135. The normalized spacial score (nSPS) is 53.0. The Bertz CT molecular complexity index is 6410. The Balaban J connectivity index is 0.000000253. The van der Waals surface area contributed by atoms with E-state index in [1.165, 1.54) is 34.6 Å². The predicted octanol–water partition coefficient (Wildman–Crippen LogP) is 18.3. The van der Waals surface area contributed by atoms with Gasteiger partial charge in [-0.2, -0.15) is 0 Å². The van der Waals surface area contributed by atoms with Crippen LogP contribution in [0.4, 0.5) is 0 Å². The maximum absolute atomic E-state index is 14.1. The maximum atomic E-state index is 14.1. The Labute approximate surface area is 792 Å². The van der Waals surface area contributed by atoms with Gasteiger partial charge in [0.15, 0.2) is 0 Å². The number of rotatable bonds is 24. The molecule has 0 aromatic heterocycles. The first-order valence-corrected chi connectivity index (χ1v) is 40.6. The van der Waals surface area contributed by atoms with E-state index in [4.69, 9.17) is 111 Å². The summed E-state index contributed by atoms with van der Waals surface area (Å²) in [6.07, 6.45) is -47.0. The molecule has 672 valence electrons. The molecule has 29 atom stereocenters. The summed E-state index contributed by atoms with van der Waals surface area (Å²) < 4.78 is 486. The number of esters is 8. The van der Waals surface area contributed by atoms with E-state index < -0.39 is 407 Å². The van der Waals surface area contributed by atoms with E-state index in [2.05, 4.69) is 0 Å². The Kier molecular flexibility index (Phi) is 16.7.